The lowest BCUT2D eigenvalue weighted by Gasteiger charge is -2.20. The molecule has 3 aromatic carbocycles. The third-order valence-electron chi connectivity index (χ3n) is 4.98. The molecule has 0 aliphatic carbocycles. The lowest BCUT2D eigenvalue weighted by atomic mass is 10.1. The van der Waals surface area contributed by atoms with Crippen molar-refractivity contribution in [2.24, 2.45) is 0 Å². The maximum absolute atomic E-state index is 13.1. The zero-order valence-electron chi connectivity index (χ0n) is 18.7. The number of anilines is 2. The Kier molecular flexibility index (Phi) is 8.43. The van der Waals surface area contributed by atoms with Gasteiger partial charge in [0.15, 0.2) is 0 Å². The molecule has 34 heavy (non-hydrogen) atoms. The van der Waals surface area contributed by atoms with Crippen molar-refractivity contribution < 1.29 is 9.59 Å². The Hall–Kier alpha value is -4.10. The fourth-order valence-electron chi connectivity index (χ4n) is 3.21. The zero-order valence-corrected chi connectivity index (χ0v) is 19.5. The second-order valence-electron chi connectivity index (χ2n) is 7.53. The average Bonchev–Trinajstić information content (AvgIpc) is 2.84. The molecule has 0 fully saturated rings. The summed E-state index contributed by atoms with van der Waals surface area (Å²) in [6.07, 6.45) is 1.73. The Balaban J connectivity index is 1.72. The van der Waals surface area contributed by atoms with Gasteiger partial charge in [0.25, 0.3) is 5.91 Å². The Morgan fingerprint density at radius 1 is 0.971 bits per heavy atom. The molecule has 0 aliphatic rings. The third-order valence-corrected chi connectivity index (χ3v) is 5.24. The summed E-state index contributed by atoms with van der Waals surface area (Å²) < 4.78 is 0. The summed E-state index contributed by atoms with van der Waals surface area (Å²) in [7, 11) is 1.81. The van der Waals surface area contributed by atoms with Crippen molar-refractivity contribution in [3.05, 3.63) is 108 Å². The van der Waals surface area contributed by atoms with E-state index in [1.54, 1.807) is 83.8 Å². The highest BCUT2D eigenvalue weighted by Gasteiger charge is 2.23. The Morgan fingerprint density at radius 2 is 1.56 bits per heavy atom. The van der Waals surface area contributed by atoms with Gasteiger partial charge in [-0.25, -0.2) is 4.79 Å². The van der Waals surface area contributed by atoms with E-state index in [4.69, 9.17) is 17.0 Å². The van der Waals surface area contributed by atoms with Crippen molar-refractivity contribution in [3.8, 4) is 0 Å². The Labute approximate surface area is 203 Å². The molecule has 0 saturated heterocycles. The van der Waals surface area contributed by atoms with Crippen LogP contribution in [0.25, 0.3) is 0 Å². The van der Waals surface area contributed by atoms with E-state index in [2.05, 4.69) is 22.5 Å². The summed E-state index contributed by atoms with van der Waals surface area (Å²) in [6.45, 7) is 4.24. The number of hydrogen-bond acceptors (Lipinski definition) is 3. The normalized spacial score (nSPS) is 11.1. The van der Waals surface area contributed by atoms with E-state index in [1.165, 1.54) is 0 Å². The molecule has 0 heterocycles. The van der Waals surface area contributed by atoms with Crippen molar-refractivity contribution in [2.75, 3.05) is 24.2 Å². The van der Waals surface area contributed by atoms with Crippen LogP contribution in [0.3, 0.4) is 0 Å². The minimum atomic E-state index is -0.926. The molecule has 0 saturated carbocycles. The van der Waals surface area contributed by atoms with E-state index < -0.39 is 18.0 Å². The topological polar surface area (TPSA) is 97.3 Å². The van der Waals surface area contributed by atoms with Crippen LogP contribution in [0, 0.1) is 5.41 Å². The van der Waals surface area contributed by atoms with Crippen molar-refractivity contribution in [3.63, 3.8) is 0 Å². The summed E-state index contributed by atoms with van der Waals surface area (Å²) in [5.74, 6) is -0.0514. The SMILES string of the molecule is C=CCN(C)C(=N)c1ccc(NC(=O)C(NC(=O)Nc2ccc(Cl)cc2)c2ccccc2)cc1. The van der Waals surface area contributed by atoms with Crippen molar-refractivity contribution in [1.82, 2.24) is 10.2 Å². The first-order valence-corrected chi connectivity index (χ1v) is 10.9. The molecule has 0 aromatic heterocycles. The summed E-state index contributed by atoms with van der Waals surface area (Å²) in [4.78, 5) is 27.5. The van der Waals surface area contributed by atoms with Gasteiger partial charge in [0.1, 0.15) is 11.9 Å². The smallest absolute Gasteiger partial charge is 0.320 e. The number of halogens is 1. The van der Waals surface area contributed by atoms with Crippen LogP contribution in [0.15, 0.2) is 91.5 Å². The molecule has 174 valence electrons. The first-order valence-electron chi connectivity index (χ1n) is 10.6. The molecule has 1 atom stereocenters. The zero-order chi connectivity index (χ0) is 24.5. The standard InChI is InChI=1S/C26H26ClN5O2/c1-3-17-32(2)24(28)19-9-13-21(14-10-19)29-25(33)23(18-7-5-4-6-8-18)31-26(34)30-22-15-11-20(27)12-16-22/h3-16,23,28H,1,17H2,2H3,(H,29,33)(H2,30,31,34). The minimum Gasteiger partial charge on any atom is -0.356 e. The number of carbonyl (C=O) groups excluding carboxylic acids is 2. The molecule has 7 nitrogen and oxygen atoms in total. The molecule has 4 N–H and O–H groups in total. The van der Waals surface area contributed by atoms with Gasteiger partial charge in [-0.3, -0.25) is 10.2 Å². The van der Waals surface area contributed by atoms with Crippen LogP contribution in [0.4, 0.5) is 16.2 Å². The van der Waals surface area contributed by atoms with Gasteiger partial charge >= 0.3 is 6.03 Å². The molecule has 0 bridgehead atoms. The van der Waals surface area contributed by atoms with Crippen LogP contribution in [0.1, 0.15) is 17.2 Å². The minimum absolute atomic E-state index is 0.348. The lowest BCUT2D eigenvalue weighted by molar-refractivity contribution is -0.118. The number of rotatable bonds is 8. The number of urea groups is 1. The number of nitrogens with zero attached hydrogens (tertiary/aromatic N) is 1. The van der Waals surface area contributed by atoms with Gasteiger partial charge < -0.3 is 20.9 Å². The first-order chi connectivity index (χ1) is 16.4. The summed E-state index contributed by atoms with van der Waals surface area (Å²) in [5, 5.41) is 17.1. The number of nitrogens with one attached hydrogen (secondary N) is 4. The number of likely N-dealkylation sites (N-methyl/N-ethyl adjacent to an activating group) is 1. The third kappa shape index (κ3) is 6.70. The van der Waals surface area contributed by atoms with Gasteiger partial charge in [0.2, 0.25) is 0 Å². The van der Waals surface area contributed by atoms with Crippen molar-refractivity contribution >= 4 is 40.7 Å². The molecule has 0 radical (unpaired) electrons. The van der Waals surface area contributed by atoms with Gasteiger partial charge in [0.05, 0.1) is 0 Å². The van der Waals surface area contributed by atoms with E-state index in [-0.39, 0.29) is 0 Å². The van der Waals surface area contributed by atoms with Crippen LogP contribution in [0.5, 0.6) is 0 Å². The van der Waals surface area contributed by atoms with E-state index in [9.17, 15) is 9.59 Å². The first kappa shape index (κ1) is 24.5. The number of carbonyl (C=O) groups is 2. The molecule has 3 amide bonds. The van der Waals surface area contributed by atoms with Crippen LogP contribution in [0.2, 0.25) is 5.02 Å². The number of hydrogen-bond donors (Lipinski definition) is 4. The maximum Gasteiger partial charge on any atom is 0.320 e. The van der Waals surface area contributed by atoms with Gasteiger partial charge in [-0.15, -0.1) is 6.58 Å². The maximum atomic E-state index is 13.1. The van der Waals surface area contributed by atoms with Gasteiger partial charge in [0, 0.05) is 35.6 Å². The second kappa shape index (κ2) is 11.7. The lowest BCUT2D eigenvalue weighted by Crippen LogP contribution is -2.39. The Bertz CT molecular complexity index is 1150. The van der Waals surface area contributed by atoms with Crippen LogP contribution in [-0.2, 0) is 4.79 Å². The fourth-order valence-corrected chi connectivity index (χ4v) is 3.33. The van der Waals surface area contributed by atoms with Crippen LogP contribution < -0.4 is 16.0 Å². The van der Waals surface area contributed by atoms with Gasteiger partial charge in [-0.2, -0.15) is 0 Å². The monoisotopic (exact) mass is 475 g/mol. The number of amidine groups is 1. The second-order valence-corrected chi connectivity index (χ2v) is 7.97. The molecule has 8 heteroatoms. The van der Waals surface area contributed by atoms with Crippen LogP contribution >= 0.6 is 11.6 Å². The highest BCUT2D eigenvalue weighted by Crippen LogP contribution is 2.18. The quantitative estimate of drug-likeness (QED) is 0.202. The molecule has 3 rings (SSSR count). The van der Waals surface area contributed by atoms with E-state index in [0.717, 1.165) is 0 Å². The largest absolute Gasteiger partial charge is 0.356 e. The van der Waals surface area contributed by atoms with E-state index in [0.29, 0.717) is 39.9 Å². The van der Waals surface area contributed by atoms with Crippen molar-refractivity contribution in [1.29, 1.82) is 5.41 Å². The predicted octanol–water partition coefficient (Wildman–Crippen LogP) is 5.28. The van der Waals surface area contributed by atoms with E-state index >= 15 is 0 Å². The molecule has 0 spiro atoms. The number of benzene rings is 3. The van der Waals surface area contributed by atoms with Crippen molar-refractivity contribution in [2.45, 2.75) is 6.04 Å². The summed E-state index contributed by atoms with van der Waals surface area (Å²) in [5.41, 5.74) is 2.44. The Morgan fingerprint density at radius 3 is 2.18 bits per heavy atom. The van der Waals surface area contributed by atoms with Gasteiger partial charge in [-0.05, 0) is 54.1 Å². The predicted molar refractivity (Wildman–Crippen MR) is 138 cm³/mol. The highest BCUT2D eigenvalue weighted by molar-refractivity contribution is 6.30. The fraction of sp³-hybridized carbons (Fsp3) is 0.115. The summed E-state index contributed by atoms with van der Waals surface area (Å²) >= 11 is 5.89. The molecular weight excluding hydrogens is 450 g/mol. The molecular formula is C26H26ClN5O2. The van der Waals surface area contributed by atoms with Crippen LogP contribution in [-0.4, -0.2) is 36.3 Å². The van der Waals surface area contributed by atoms with E-state index in [1.807, 2.05) is 13.1 Å². The number of amides is 3. The average molecular weight is 476 g/mol. The molecule has 3 aromatic rings. The molecule has 1 unspecified atom stereocenters. The molecule has 0 aliphatic heterocycles. The summed E-state index contributed by atoms with van der Waals surface area (Å²) in [6, 6.07) is 21.2. The van der Waals surface area contributed by atoms with Gasteiger partial charge in [-0.1, -0.05) is 48.0 Å². The highest BCUT2D eigenvalue weighted by atomic mass is 35.5.